The number of para-hydroxylation sites is 1. The predicted octanol–water partition coefficient (Wildman–Crippen LogP) is 5.11. The van der Waals surface area contributed by atoms with Gasteiger partial charge in [0.05, 0.1) is 17.5 Å². The third-order valence-electron chi connectivity index (χ3n) is 7.79. The number of pyridine rings is 1. The summed E-state index contributed by atoms with van der Waals surface area (Å²) in [6.07, 6.45) is 0.695. The number of aryl methyl sites for hydroxylation is 2. The van der Waals surface area contributed by atoms with E-state index in [1.54, 1.807) is 6.07 Å². The number of hydrogen-bond acceptors (Lipinski definition) is 5. The summed E-state index contributed by atoms with van der Waals surface area (Å²) in [4.78, 5) is 31.8. The van der Waals surface area contributed by atoms with Crippen molar-refractivity contribution in [1.82, 2.24) is 24.9 Å². The lowest BCUT2D eigenvalue weighted by atomic mass is 9.83. The molecule has 6 rings (SSSR count). The van der Waals surface area contributed by atoms with E-state index in [1.807, 2.05) is 72.0 Å². The van der Waals surface area contributed by atoms with Crippen LogP contribution in [0.25, 0.3) is 21.9 Å². The Morgan fingerprint density at radius 2 is 1.87 bits per heavy atom. The zero-order valence-electron chi connectivity index (χ0n) is 22.0. The van der Waals surface area contributed by atoms with Gasteiger partial charge in [0, 0.05) is 30.9 Å². The third-order valence-corrected chi connectivity index (χ3v) is 7.79. The number of carboxylic acid groups (broad SMARTS) is 1. The number of benzene rings is 3. The highest BCUT2D eigenvalue weighted by molar-refractivity contribution is 5.95. The van der Waals surface area contributed by atoms with E-state index in [2.05, 4.69) is 27.4 Å². The molecule has 0 saturated carbocycles. The summed E-state index contributed by atoms with van der Waals surface area (Å²) < 4.78 is 1.84. The standard InChI is InChI=1S/C31H29N5O3/c1-3-36-28-13-11-24(19(2)30(28)33-34-36)25(17-29(37)38)22-9-8-20-14-15-35(18-23(20)16-22)31(39)27-12-10-21-6-4-5-7-26(21)32-27/h4-13,16,25H,3,14-15,17-18H2,1-2H3,(H,37,38). The lowest BCUT2D eigenvalue weighted by molar-refractivity contribution is -0.137. The molecule has 0 saturated heterocycles. The number of carboxylic acids is 1. The lowest BCUT2D eigenvalue weighted by Gasteiger charge is -2.30. The quantitative estimate of drug-likeness (QED) is 0.334. The molecule has 3 heterocycles. The first-order valence-corrected chi connectivity index (χ1v) is 13.2. The molecule has 1 amide bonds. The summed E-state index contributed by atoms with van der Waals surface area (Å²) in [5.41, 5.74) is 7.97. The Balaban J connectivity index is 1.33. The molecular weight excluding hydrogens is 490 g/mol. The van der Waals surface area contributed by atoms with Gasteiger partial charge in [0.1, 0.15) is 11.2 Å². The van der Waals surface area contributed by atoms with Crippen LogP contribution < -0.4 is 0 Å². The van der Waals surface area contributed by atoms with Gasteiger partial charge >= 0.3 is 5.97 Å². The van der Waals surface area contributed by atoms with E-state index >= 15 is 0 Å². The van der Waals surface area contributed by atoms with Crippen molar-refractivity contribution in [1.29, 1.82) is 0 Å². The van der Waals surface area contributed by atoms with Crippen LogP contribution in [0.1, 0.15) is 57.6 Å². The number of rotatable bonds is 6. The zero-order valence-corrected chi connectivity index (χ0v) is 22.0. The van der Waals surface area contributed by atoms with Crippen molar-refractivity contribution in [2.75, 3.05) is 6.54 Å². The summed E-state index contributed by atoms with van der Waals surface area (Å²) in [5, 5.41) is 19.4. The highest BCUT2D eigenvalue weighted by Crippen LogP contribution is 2.35. The van der Waals surface area contributed by atoms with Gasteiger partial charge in [0.15, 0.2) is 0 Å². The molecule has 1 N–H and O–H groups in total. The van der Waals surface area contributed by atoms with E-state index < -0.39 is 5.97 Å². The molecule has 0 spiro atoms. The molecule has 5 aromatic rings. The number of amides is 1. The molecule has 2 aromatic heterocycles. The van der Waals surface area contributed by atoms with Crippen LogP contribution in [0, 0.1) is 6.92 Å². The number of carbonyl (C=O) groups excluding carboxylic acids is 1. The fourth-order valence-electron chi connectivity index (χ4n) is 5.69. The number of aromatic nitrogens is 4. The van der Waals surface area contributed by atoms with Crippen LogP contribution in [0.5, 0.6) is 0 Å². The summed E-state index contributed by atoms with van der Waals surface area (Å²) in [6, 6.07) is 21.6. The fourth-order valence-corrected chi connectivity index (χ4v) is 5.69. The summed E-state index contributed by atoms with van der Waals surface area (Å²) >= 11 is 0. The van der Waals surface area contributed by atoms with Crippen molar-refractivity contribution in [3.63, 3.8) is 0 Å². The average molecular weight is 520 g/mol. The van der Waals surface area contributed by atoms with E-state index in [9.17, 15) is 14.7 Å². The summed E-state index contributed by atoms with van der Waals surface area (Å²) in [6.45, 7) is 5.78. The van der Waals surface area contributed by atoms with Crippen LogP contribution in [0.2, 0.25) is 0 Å². The minimum atomic E-state index is -0.867. The number of carbonyl (C=O) groups is 2. The predicted molar refractivity (Wildman–Crippen MR) is 149 cm³/mol. The van der Waals surface area contributed by atoms with Gasteiger partial charge in [0.25, 0.3) is 5.91 Å². The van der Waals surface area contributed by atoms with Gasteiger partial charge in [-0.15, -0.1) is 5.10 Å². The second-order valence-electron chi connectivity index (χ2n) is 10.1. The number of nitrogens with zero attached hydrogens (tertiary/aromatic N) is 5. The van der Waals surface area contributed by atoms with Crippen LogP contribution in [-0.4, -0.2) is 48.4 Å². The smallest absolute Gasteiger partial charge is 0.304 e. The van der Waals surface area contributed by atoms with Crippen molar-refractivity contribution < 1.29 is 14.7 Å². The Hall–Kier alpha value is -4.59. The van der Waals surface area contributed by atoms with Crippen LogP contribution in [0.3, 0.4) is 0 Å². The van der Waals surface area contributed by atoms with Crippen LogP contribution in [0.4, 0.5) is 0 Å². The Morgan fingerprint density at radius 3 is 2.69 bits per heavy atom. The van der Waals surface area contributed by atoms with E-state index in [0.717, 1.165) is 50.6 Å². The third kappa shape index (κ3) is 4.52. The van der Waals surface area contributed by atoms with Crippen molar-refractivity contribution in [3.8, 4) is 0 Å². The van der Waals surface area contributed by atoms with Crippen molar-refractivity contribution >= 4 is 33.8 Å². The molecule has 0 fully saturated rings. The van der Waals surface area contributed by atoms with Gasteiger partial charge in [-0.1, -0.05) is 53.7 Å². The zero-order chi connectivity index (χ0) is 27.1. The maximum Gasteiger partial charge on any atom is 0.304 e. The fraction of sp³-hybridized carbons (Fsp3) is 0.258. The Labute approximate surface area is 225 Å². The molecule has 39 heavy (non-hydrogen) atoms. The normalized spacial score (nSPS) is 13.9. The molecule has 0 radical (unpaired) electrons. The van der Waals surface area contributed by atoms with Gasteiger partial charge in [-0.05, 0) is 66.3 Å². The SMILES string of the molecule is CCn1nnc2c(C)c(C(CC(=O)O)c3ccc4c(c3)CN(C(=O)c3ccc5ccccc5n3)CC4)ccc21. The number of fused-ring (bicyclic) bond motifs is 3. The Morgan fingerprint density at radius 1 is 1.03 bits per heavy atom. The van der Waals surface area contributed by atoms with Crippen LogP contribution in [0.15, 0.2) is 66.7 Å². The molecule has 0 bridgehead atoms. The van der Waals surface area contributed by atoms with E-state index in [1.165, 1.54) is 5.56 Å². The molecule has 1 aliphatic heterocycles. The van der Waals surface area contributed by atoms with Crippen molar-refractivity contribution in [2.45, 2.75) is 45.7 Å². The second-order valence-corrected chi connectivity index (χ2v) is 10.1. The molecule has 1 atom stereocenters. The van der Waals surface area contributed by atoms with E-state index in [-0.39, 0.29) is 18.2 Å². The monoisotopic (exact) mass is 519 g/mol. The molecule has 1 unspecified atom stereocenters. The van der Waals surface area contributed by atoms with Gasteiger partial charge in [-0.3, -0.25) is 9.59 Å². The Bertz CT molecular complexity index is 1740. The lowest BCUT2D eigenvalue weighted by Crippen LogP contribution is -2.36. The van der Waals surface area contributed by atoms with Gasteiger partial charge in [-0.25, -0.2) is 9.67 Å². The second kappa shape index (κ2) is 9.94. The maximum atomic E-state index is 13.4. The van der Waals surface area contributed by atoms with Crippen LogP contribution >= 0.6 is 0 Å². The summed E-state index contributed by atoms with van der Waals surface area (Å²) in [7, 11) is 0. The van der Waals surface area contributed by atoms with Crippen LogP contribution in [-0.2, 0) is 24.3 Å². The number of hydrogen-bond donors (Lipinski definition) is 1. The van der Waals surface area contributed by atoms with Crippen molar-refractivity contribution in [2.24, 2.45) is 0 Å². The Kier molecular flexibility index (Phi) is 6.30. The minimum Gasteiger partial charge on any atom is -0.481 e. The molecule has 196 valence electrons. The molecular formula is C31H29N5O3. The molecule has 8 heteroatoms. The largest absolute Gasteiger partial charge is 0.481 e. The first-order chi connectivity index (χ1) is 18.9. The van der Waals surface area contributed by atoms with E-state index in [0.29, 0.717) is 25.3 Å². The average Bonchev–Trinajstić information content (AvgIpc) is 3.39. The summed E-state index contributed by atoms with van der Waals surface area (Å²) in [5.74, 6) is -1.31. The highest BCUT2D eigenvalue weighted by Gasteiger charge is 2.26. The van der Waals surface area contributed by atoms with Gasteiger partial charge in [-0.2, -0.15) is 0 Å². The minimum absolute atomic E-state index is 0.0449. The highest BCUT2D eigenvalue weighted by atomic mass is 16.4. The van der Waals surface area contributed by atoms with Gasteiger partial charge < -0.3 is 10.0 Å². The molecule has 8 nitrogen and oxygen atoms in total. The molecule has 1 aliphatic rings. The maximum absolute atomic E-state index is 13.4. The van der Waals surface area contributed by atoms with Crippen molar-refractivity contribution in [3.05, 3.63) is 100 Å². The number of aliphatic carboxylic acids is 1. The topological polar surface area (TPSA) is 101 Å². The first-order valence-electron chi connectivity index (χ1n) is 13.2. The molecule has 0 aliphatic carbocycles. The first kappa shape index (κ1) is 24.7. The van der Waals surface area contributed by atoms with E-state index in [4.69, 9.17) is 0 Å². The molecule has 3 aromatic carbocycles. The van der Waals surface area contributed by atoms with Gasteiger partial charge in [0.2, 0.25) is 0 Å².